The number of benzene rings is 1. The number of nitrogens with one attached hydrogen (secondary N) is 1. The second kappa shape index (κ2) is 8.35. The van der Waals surface area contributed by atoms with E-state index < -0.39 is 5.60 Å². The minimum absolute atomic E-state index is 0.417. The smallest absolute Gasteiger partial charge is 0.0991 e. The van der Waals surface area contributed by atoms with Crippen LogP contribution in [0.2, 0.25) is 0 Å². The molecular weight excluding hydrogens is 392 g/mol. The Kier molecular flexibility index (Phi) is 5.81. The fourth-order valence-electron chi connectivity index (χ4n) is 9.15. The van der Waals surface area contributed by atoms with Crippen molar-refractivity contribution in [3.05, 3.63) is 29.8 Å². The van der Waals surface area contributed by atoms with Gasteiger partial charge in [-0.05, 0) is 137 Å². The Labute approximate surface area is 195 Å². The van der Waals surface area contributed by atoms with Crippen LogP contribution in [-0.4, -0.2) is 16.7 Å². The molecule has 1 aromatic rings. The molecule has 4 saturated carbocycles. The number of aliphatic hydroxyl groups is 1. The molecular formula is C29H42N2O. The zero-order valence-electron chi connectivity index (χ0n) is 20.3. The monoisotopic (exact) mass is 434 g/mol. The summed E-state index contributed by atoms with van der Waals surface area (Å²) < 4.78 is 0. The Balaban J connectivity index is 1.31. The molecule has 3 nitrogen and oxygen atoms in total. The summed E-state index contributed by atoms with van der Waals surface area (Å²) in [7, 11) is 0. The van der Waals surface area contributed by atoms with E-state index in [1.54, 1.807) is 0 Å². The lowest BCUT2D eigenvalue weighted by molar-refractivity contribution is -0.128. The highest BCUT2D eigenvalue weighted by Crippen LogP contribution is 2.63. The van der Waals surface area contributed by atoms with Crippen molar-refractivity contribution in [3.8, 4) is 6.07 Å². The number of hydrogen-bond donors (Lipinski definition) is 2. The van der Waals surface area contributed by atoms with E-state index in [4.69, 9.17) is 5.26 Å². The fourth-order valence-corrected chi connectivity index (χ4v) is 9.15. The summed E-state index contributed by atoms with van der Waals surface area (Å²) in [5.41, 5.74) is 1.89. The molecule has 3 heteroatoms. The molecule has 0 amide bonds. The maximum atomic E-state index is 10.7. The van der Waals surface area contributed by atoms with Gasteiger partial charge in [-0.15, -0.1) is 0 Å². The van der Waals surface area contributed by atoms with Gasteiger partial charge in [-0.2, -0.15) is 5.26 Å². The first-order valence-electron chi connectivity index (χ1n) is 13.3. The Morgan fingerprint density at radius 2 is 1.72 bits per heavy atom. The molecule has 4 aliphatic carbocycles. The molecule has 0 radical (unpaired) electrons. The highest BCUT2D eigenvalue weighted by Gasteiger charge is 2.56. The largest absolute Gasteiger partial charge is 0.390 e. The molecule has 9 atom stereocenters. The van der Waals surface area contributed by atoms with E-state index >= 15 is 0 Å². The number of nitriles is 1. The Hall–Kier alpha value is -1.53. The molecule has 4 aliphatic rings. The van der Waals surface area contributed by atoms with Gasteiger partial charge in [0.2, 0.25) is 0 Å². The van der Waals surface area contributed by atoms with Gasteiger partial charge in [-0.25, -0.2) is 0 Å². The molecule has 1 unspecified atom stereocenters. The number of fused-ring (bicyclic) bond motifs is 5. The second-order valence-electron chi connectivity index (χ2n) is 12.4. The zero-order chi connectivity index (χ0) is 22.5. The predicted octanol–water partition coefficient (Wildman–Crippen LogP) is 6.77. The van der Waals surface area contributed by atoms with E-state index in [1.165, 1.54) is 51.4 Å². The van der Waals surface area contributed by atoms with Gasteiger partial charge in [-0.1, -0.05) is 13.3 Å². The van der Waals surface area contributed by atoms with Crippen molar-refractivity contribution in [2.24, 2.45) is 40.9 Å². The van der Waals surface area contributed by atoms with Crippen molar-refractivity contribution >= 4 is 5.69 Å². The molecule has 0 spiro atoms. The molecule has 4 fully saturated rings. The van der Waals surface area contributed by atoms with Crippen molar-refractivity contribution < 1.29 is 5.11 Å². The lowest BCUT2D eigenvalue weighted by Crippen LogP contribution is -2.55. The van der Waals surface area contributed by atoms with Crippen LogP contribution in [0.25, 0.3) is 0 Å². The normalized spacial score (nSPS) is 44.3. The first-order valence-corrected chi connectivity index (χ1v) is 13.3. The summed E-state index contributed by atoms with van der Waals surface area (Å²) in [5.74, 6) is 5.02. The number of anilines is 1. The first-order chi connectivity index (χ1) is 15.3. The lowest BCUT2D eigenvalue weighted by Gasteiger charge is -2.61. The van der Waals surface area contributed by atoms with Crippen LogP contribution in [0.4, 0.5) is 5.69 Å². The Bertz CT molecular complexity index is 855. The quantitative estimate of drug-likeness (QED) is 0.552. The number of nitrogens with zero attached hydrogens (tertiary/aromatic N) is 1. The third-order valence-corrected chi connectivity index (χ3v) is 10.6. The highest BCUT2D eigenvalue weighted by atomic mass is 16.3. The first kappa shape index (κ1) is 22.3. The summed E-state index contributed by atoms with van der Waals surface area (Å²) >= 11 is 0. The van der Waals surface area contributed by atoms with Crippen molar-refractivity contribution in [2.45, 2.75) is 96.6 Å². The molecule has 0 saturated heterocycles. The molecule has 2 N–H and O–H groups in total. The second-order valence-corrected chi connectivity index (χ2v) is 12.4. The minimum Gasteiger partial charge on any atom is -0.390 e. The summed E-state index contributed by atoms with van der Waals surface area (Å²) in [5, 5.41) is 23.6. The SMILES string of the molecule is C[C@@H](Nc1ccc(C#N)cc1)[C@H]1CCC[C@H]2[C@@H]3CC[C@@H]4C[C@](C)(O)CC[C@@H]4C3CC[C@]12C. The van der Waals surface area contributed by atoms with Crippen molar-refractivity contribution in [2.75, 3.05) is 5.32 Å². The van der Waals surface area contributed by atoms with Gasteiger partial charge < -0.3 is 10.4 Å². The van der Waals surface area contributed by atoms with Gasteiger partial charge in [0.25, 0.3) is 0 Å². The van der Waals surface area contributed by atoms with E-state index in [1.807, 2.05) is 12.1 Å². The van der Waals surface area contributed by atoms with Crippen LogP contribution in [0.15, 0.2) is 24.3 Å². The van der Waals surface area contributed by atoms with E-state index in [2.05, 4.69) is 44.3 Å². The maximum Gasteiger partial charge on any atom is 0.0991 e. The van der Waals surface area contributed by atoms with Gasteiger partial charge in [0.1, 0.15) is 0 Å². The molecule has 0 aliphatic heterocycles. The molecule has 0 bridgehead atoms. The average Bonchev–Trinajstić information content (AvgIpc) is 2.77. The van der Waals surface area contributed by atoms with Gasteiger partial charge in [0.05, 0.1) is 17.2 Å². The number of hydrogen-bond acceptors (Lipinski definition) is 3. The van der Waals surface area contributed by atoms with Crippen LogP contribution in [0.3, 0.4) is 0 Å². The highest BCUT2D eigenvalue weighted by molar-refractivity contribution is 5.48. The van der Waals surface area contributed by atoms with Gasteiger partial charge in [-0.3, -0.25) is 0 Å². The van der Waals surface area contributed by atoms with Gasteiger partial charge in [0, 0.05) is 11.7 Å². The van der Waals surface area contributed by atoms with Gasteiger partial charge in [0.15, 0.2) is 0 Å². The third kappa shape index (κ3) is 3.87. The maximum absolute atomic E-state index is 10.7. The molecule has 0 heterocycles. The zero-order valence-corrected chi connectivity index (χ0v) is 20.3. The van der Waals surface area contributed by atoms with Crippen molar-refractivity contribution in [1.82, 2.24) is 0 Å². The van der Waals surface area contributed by atoms with Crippen molar-refractivity contribution in [1.29, 1.82) is 5.26 Å². The lowest BCUT2D eigenvalue weighted by atomic mass is 9.44. The fraction of sp³-hybridized carbons (Fsp3) is 0.759. The van der Waals surface area contributed by atoms with Crippen LogP contribution in [-0.2, 0) is 0 Å². The van der Waals surface area contributed by atoms with E-state index in [-0.39, 0.29) is 0 Å². The van der Waals surface area contributed by atoms with Gasteiger partial charge >= 0.3 is 0 Å². The van der Waals surface area contributed by atoms with Crippen LogP contribution in [0.5, 0.6) is 0 Å². The standard InChI is InChI=1S/C29H42N2O/c1-19(31-22-10-7-20(18-30)8-11-22)26-5-4-6-27-25-12-9-21-17-28(2,32)15-13-23(21)24(25)14-16-29(26,27)3/h7-8,10-11,19,21,23-27,31-32H,4-6,9,12-17H2,1-3H3/t19-,21-,23+,24?,25-,26-,27+,28-,29-/m1/s1. The third-order valence-electron chi connectivity index (χ3n) is 10.6. The van der Waals surface area contributed by atoms with Crippen LogP contribution >= 0.6 is 0 Å². The minimum atomic E-state index is -0.417. The summed E-state index contributed by atoms with van der Waals surface area (Å²) in [6.07, 6.45) is 13.0. The topological polar surface area (TPSA) is 56.0 Å². The predicted molar refractivity (Wildman–Crippen MR) is 130 cm³/mol. The van der Waals surface area contributed by atoms with E-state index in [0.29, 0.717) is 17.4 Å². The van der Waals surface area contributed by atoms with Crippen LogP contribution in [0, 0.1) is 52.3 Å². The molecule has 32 heavy (non-hydrogen) atoms. The van der Waals surface area contributed by atoms with E-state index in [9.17, 15) is 5.11 Å². The molecule has 1 aromatic carbocycles. The molecule has 0 aromatic heterocycles. The number of rotatable bonds is 3. The summed E-state index contributed by atoms with van der Waals surface area (Å²) in [6, 6.07) is 10.6. The average molecular weight is 435 g/mol. The summed E-state index contributed by atoms with van der Waals surface area (Å²) in [4.78, 5) is 0. The molecule has 5 rings (SSSR count). The van der Waals surface area contributed by atoms with E-state index in [0.717, 1.165) is 53.7 Å². The van der Waals surface area contributed by atoms with Crippen LogP contribution < -0.4 is 5.32 Å². The summed E-state index contributed by atoms with van der Waals surface area (Å²) in [6.45, 7) is 7.09. The Morgan fingerprint density at radius 1 is 0.969 bits per heavy atom. The van der Waals surface area contributed by atoms with Crippen molar-refractivity contribution in [3.63, 3.8) is 0 Å². The molecule has 174 valence electrons. The van der Waals surface area contributed by atoms with Crippen LogP contribution in [0.1, 0.15) is 90.5 Å². The Morgan fingerprint density at radius 3 is 2.47 bits per heavy atom.